The predicted octanol–water partition coefficient (Wildman–Crippen LogP) is 3.23. The van der Waals surface area contributed by atoms with Crippen molar-refractivity contribution in [2.24, 2.45) is 5.92 Å². The van der Waals surface area contributed by atoms with Crippen LogP contribution in [0.2, 0.25) is 0 Å². The summed E-state index contributed by atoms with van der Waals surface area (Å²) >= 11 is 0. The van der Waals surface area contributed by atoms with Crippen LogP contribution in [-0.4, -0.2) is 39.3 Å². The second-order valence-corrected chi connectivity index (χ2v) is 7.26. The summed E-state index contributed by atoms with van der Waals surface area (Å²) in [5.41, 5.74) is 0. The number of hydrogen-bond donors (Lipinski definition) is 0. The first-order valence-corrected chi connectivity index (χ1v) is 8.88. The Bertz CT molecular complexity index is 452. The van der Waals surface area contributed by atoms with Gasteiger partial charge in [0.25, 0.3) is 0 Å². The van der Waals surface area contributed by atoms with Crippen LogP contribution in [0.15, 0.2) is 0 Å². The number of nitrogens with zero attached hydrogens (tertiary/aromatic N) is 4. The van der Waals surface area contributed by atoms with Crippen LogP contribution in [-0.2, 0) is 13.0 Å². The van der Waals surface area contributed by atoms with E-state index in [1.165, 1.54) is 69.8 Å². The quantitative estimate of drug-likeness (QED) is 0.754. The van der Waals surface area contributed by atoms with E-state index in [0.29, 0.717) is 5.92 Å². The molecule has 1 aromatic heterocycles. The molecular formula is C17H30N4. The molecule has 3 rings (SSSR count). The molecule has 0 bridgehead atoms. The molecule has 3 heterocycles. The van der Waals surface area contributed by atoms with Crippen molar-refractivity contribution in [1.82, 2.24) is 19.7 Å². The Morgan fingerprint density at radius 2 is 2.05 bits per heavy atom. The van der Waals surface area contributed by atoms with Crippen molar-refractivity contribution >= 4 is 0 Å². The van der Waals surface area contributed by atoms with E-state index < -0.39 is 0 Å². The molecule has 0 saturated carbocycles. The molecule has 2 aliphatic rings. The molecule has 0 spiro atoms. The minimum Gasteiger partial charge on any atom is -0.315 e. The van der Waals surface area contributed by atoms with Gasteiger partial charge >= 0.3 is 0 Å². The van der Waals surface area contributed by atoms with Gasteiger partial charge in [-0.2, -0.15) is 0 Å². The van der Waals surface area contributed by atoms with Crippen molar-refractivity contribution in [1.29, 1.82) is 0 Å². The van der Waals surface area contributed by atoms with Gasteiger partial charge in [-0.05, 0) is 44.7 Å². The van der Waals surface area contributed by atoms with Gasteiger partial charge in [-0.1, -0.05) is 26.7 Å². The van der Waals surface area contributed by atoms with Gasteiger partial charge < -0.3 is 9.47 Å². The van der Waals surface area contributed by atoms with E-state index in [-0.39, 0.29) is 0 Å². The minimum absolute atomic E-state index is 0.614. The third kappa shape index (κ3) is 3.65. The second-order valence-electron chi connectivity index (χ2n) is 7.26. The molecule has 2 aliphatic heterocycles. The number of likely N-dealkylation sites (tertiary alicyclic amines) is 1. The van der Waals surface area contributed by atoms with Crippen molar-refractivity contribution < 1.29 is 0 Å². The molecule has 1 saturated heterocycles. The molecule has 0 radical (unpaired) electrons. The topological polar surface area (TPSA) is 34.0 Å². The predicted molar refractivity (Wildman–Crippen MR) is 85.4 cm³/mol. The summed E-state index contributed by atoms with van der Waals surface area (Å²) in [5, 5.41) is 8.89. The summed E-state index contributed by atoms with van der Waals surface area (Å²) in [5.74, 6) is 3.95. The van der Waals surface area contributed by atoms with Crippen LogP contribution in [0.25, 0.3) is 0 Å². The highest BCUT2D eigenvalue weighted by atomic mass is 15.3. The SMILES string of the molecule is CC(C)CCCCN1CCCC(c2nnc3n2CCC3)C1. The molecule has 0 N–H and O–H groups in total. The van der Waals surface area contributed by atoms with Crippen molar-refractivity contribution in [2.45, 2.75) is 71.3 Å². The van der Waals surface area contributed by atoms with E-state index in [4.69, 9.17) is 0 Å². The van der Waals surface area contributed by atoms with E-state index in [1.807, 2.05) is 0 Å². The lowest BCUT2D eigenvalue weighted by atomic mass is 9.96. The van der Waals surface area contributed by atoms with E-state index in [1.54, 1.807) is 0 Å². The fraction of sp³-hybridized carbons (Fsp3) is 0.882. The van der Waals surface area contributed by atoms with Gasteiger partial charge in [0.2, 0.25) is 0 Å². The standard InChI is InChI=1S/C17H30N4/c1-14(2)7-3-4-10-20-11-5-8-15(13-20)17-19-18-16-9-6-12-21(16)17/h14-15H,3-13H2,1-2H3. The molecule has 1 aromatic rings. The Labute approximate surface area is 128 Å². The van der Waals surface area contributed by atoms with Crippen molar-refractivity contribution in [3.05, 3.63) is 11.6 Å². The zero-order chi connectivity index (χ0) is 14.7. The molecule has 1 atom stereocenters. The largest absolute Gasteiger partial charge is 0.315 e. The van der Waals surface area contributed by atoms with Crippen molar-refractivity contribution in [3.63, 3.8) is 0 Å². The molecule has 0 aliphatic carbocycles. The highest BCUT2D eigenvalue weighted by Crippen LogP contribution is 2.28. The highest BCUT2D eigenvalue weighted by molar-refractivity contribution is 5.07. The van der Waals surface area contributed by atoms with Crippen LogP contribution >= 0.6 is 0 Å². The lowest BCUT2D eigenvalue weighted by molar-refractivity contribution is 0.197. The summed E-state index contributed by atoms with van der Waals surface area (Å²) < 4.78 is 2.40. The van der Waals surface area contributed by atoms with E-state index in [0.717, 1.165) is 18.9 Å². The molecule has 4 nitrogen and oxygen atoms in total. The smallest absolute Gasteiger partial charge is 0.137 e. The van der Waals surface area contributed by atoms with Gasteiger partial charge in [-0.15, -0.1) is 10.2 Å². The molecule has 0 amide bonds. The van der Waals surface area contributed by atoms with Crippen LogP contribution < -0.4 is 0 Å². The number of unbranched alkanes of at least 4 members (excludes halogenated alkanes) is 1. The Kier molecular flexibility index (Phi) is 4.94. The monoisotopic (exact) mass is 290 g/mol. The molecule has 0 aromatic carbocycles. The highest BCUT2D eigenvalue weighted by Gasteiger charge is 2.27. The zero-order valence-electron chi connectivity index (χ0n) is 13.7. The van der Waals surface area contributed by atoms with Crippen LogP contribution in [0.1, 0.15) is 69.9 Å². The maximum absolute atomic E-state index is 4.50. The first kappa shape index (κ1) is 15.0. The van der Waals surface area contributed by atoms with Crippen molar-refractivity contribution in [3.8, 4) is 0 Å². The number of aromatic nitrogens is 3. The first-order valence-electron chi connectivity index (χ1n) is 8.88. The van der Waals surface area contributed by atoms with Crippen LogP contribution in [0.4, 0.5) is 0 Å². The number of hydrogen-bond acceptors (Lipinski definition) is 3. The lowest BCUT2D eigenvalue weighted by Gasteiger charge is -2.32. The van der Waals surface area contributed by atoms with Gasteiger partial charge in [0.05, 0.1) is 0 Å². The maximum Gasteiger partial charge on any atom is 0.137 e. The molecular weight excluding hydrogens is 260 g/mol. The Balaban J connectivity index is 1.51. The van der Waals surface area contributed by atoms with Gasteiger partial charge in [-0.3, -0.25) is 0 Å². The summed E-state index contributed by atoms with van der Waals surface area (Å²) in [6.45, 7) is 9.53. The molecule has 4 heteroatoms. The van der Waals surface area contributed by atoms with Crippen LogP contribution in [0.3, 0.4) is 0 Å². The maximum atomic E-state index is 4.50. The average Bonchev–Trinajstić information content (AvgIpc) is 3.06. The van der Waals surface area contributed by atoms with Gasteiger partial charge in [0, 0.05) is 25.4 Å². The molecule has 21 heavy (non-hydrogen) atoms. The van der Waals surface area contributed by atoms with E-state index in [9.17, 15) is 0 Å². The van der Waals surface area contributed by atoms with E-state index in [2.05, 4.69) is 33.5 Å². The fourth-order valence-corrected chi connectivity index (χ4v) is 3.83. The molecule has 118 valence electrons. The van der Waals surface area contributed by atoms with Gasteiger partial charge in [0.1, 0.15) is 11.6 Å². The van der Waals surface area contributed by atoms with E-state index >= 15 is 0 Å². The number of piperidine rings is 1. The normalized spacial score (nSPS) is 22.9. The van der Waals surface area contributed by atoms with Crippen LogP contribution in [0, 0.1) is 5.92 Å². The first-order chi connectivity index (χ1) is 10.2. The Morgan fingerprint density at radius 1 is 1.14 bits per heavy atom. The third-order valence-electron chi connectivity index (χ3n) is 5.01. The zero-order valence-corrected chi connectivity index (χ0v) is 13.7. The van der Waals surface area contributed by atoms with Gasteiger partial charge in [0.15, 0.2) is 0 Å². The Morgan fingerprint density at radius 3 is 2.90 bits per heavy atom. The summed E-state index contributed by atoms with van der Waals surface area (Å²) in [7, 11) is 0. The Hall–Kier alpha value is -0.900. The lowest BCUT2D eigenvalue weighted by Crippen LogP contribution is -2.36. The summed E-state index contributed by atoms with van der Waals surface area (Å²) in [4.78, 5) is 2.66. The number of fused-ring (bicyclic) bond motifs is 1. The number of aryl methyl sites for hydroxylation is 1. The summed E-state index contributed by atoms with van der Waals surface area (Å²) in [6.07, 6.45) is 9.08. The van der Waals surface area contributed by atoms with Crippen LogP contribution in [0.5, 0.6) is 0 Å². The average molecular weight is 290 g/mol. The van der Waals surface area contributed by atoms with Gasteiger partial charge in [-0.25, -0.2) is 0 Å². The van der Waals surface area contributed by atoms with Crippen molar-refractivity contribution in [2.75, 3.05) is 19.6 Å². The second kappa shape index (κ2) is 6.91. The third-order valence-corrected chi connectivity index (χ3v) is 5.01. The molecule has 1 fully saturated rings. The molecule has 1 unspecified atom stereocenters. The fourth-order valence-electron chi connectivity index (χ4n) is 3.83. The summed E-state index contributed by atoms with van der Waals surface area (Å²) in [6, 6.07) is 0. The minimum atomic E-state index is 0.614. The number of rotatable bonds is 6.